The first kappa shape index (κ1) is 22.2. The number of ether oxygens (including phenoxy) is 1. The molecule has 2 amide bonds. The first-order chi connectivity index (χ1) is 16.1. The zero-order valence-electron chi connectivity index (χ0n) is 18.1. The number of hydrogen-bond donors (Lipinski definition) is 1. The first-order valence-corrected chi connectivity index (χ1v) is 10.7. The van der Waals surface area contributed by atoms with Crippen molar-refractivity contribution in [1.82, 2.24) is 20.1 Å². The van der Waals surface area contributed by atoms with Gasteiger partial charge in [-0.25, -0.2) is 9.18 Å². The SMILES string of the molecule is N#CCN(CCN1CCNC1=O)Cc1cccc(-c2ccc(Oc3ccc(F)cc3)cc2)n1. The smallest absolute Gasteiger partial charge is 0.317 e. The highest BCUT2D eigenvalue weighted by molar-refractivity contribution is 5.76. The van der Waals surface area contributed by atoms with E-state index in [1.165, 1.54) is 12.1 Å². The van der Waals surface area contributed by atoms with Crippen LogP contribution < -0.4 is 10.1 Å². The molecule has 0 saturated carbocycles. The molecule has 3 aromatic rings. The normalized spacial score (nSPS) is 13.1. The lowest BCUT2D eigenvalue weighted by molar-refractivity contribution is 0.203. The quantitative estimate of drug-likeness (QED) is 0.503. The summed E-state index contributed by atoms with van der Waals surface area (Å²) in [5, 5.41) is 12.0. The van der Waals surface area contributed by atoms with Crippen molar-refractivity contribution in [3.63, 3.8) is 0 Å². The van der Waals surface area contributed by atoms with Crippen LogP contribution in [-0.4, -0.2) is 53.5 Å². The summed E-state index contributed by atoms with van der Waals surface area (Å²) in [6.45, 7) is 3.30. The molecule has 0 spiro atoms. The molecule has 1 saturated heterocycles. The number of nitrogens with one attached hydrogen (secondary N) is 1. The molecule has 168 valence electrons. The Hall–Kier alpha value is -3.96. The van der Waals surface area contributed by atoms with E-state index >= 15 is 0 Å². The molecular weight excluding hydrogens is 421 g/mol. The van der Waals surface area contributed by atoms with Crippen molar-refractivity contribution in [2.45, 2.75) is 6.54 Å². The Morgan fingerprint density at radius 3 is 2.48 bits per heavy atom. The summed E-state index contributed by atoms with van der Waals surface area (Å²) in [5.41, 5.74) is 2.60. The lowest BCUT2D eigenvalue weighted by Gasteiger charge is -2.22. The topological polar surface area (TPSA) is 81.5 Å². The van der Waals surface area contributed by atoms with Gasteiger partial charge in [-0.05, 0) is 60.7 Å². The van der Waals surface area contributed by atoms with Crippen LogP contribution in [0.5, 0.6) is 11.5 Å². The third-order valence-corrected chi connectivity index (χ3v) is 5.32. The van der Waals surface area contributed by atoms with Crippen molar-refractivity contribution < 1.29 is 13.9 Å². The molecule has 0 bridgehead atoms. The molecule has 1 N–H and O–H groups in total. The average molecular weight is 445 g/mol. The molecule has 8 heteroatoms. The van der Waals surface area contributed by atoms with Gasteiger partial charge in [0.25, 0.3) is 0 Å². The zero-order chi connectivity index (χ0) is 23.0. The van der Waals surface area contributed by atoms with Crippen LogP contribution in [0.3, 0.4) is 0 Å². The van der Waals surface area contributed by atoms with Crippen molar-refractivity contribution in [3.8, 4) is 28.8 Å². The molecule has 0 radical (unpaired) electrons. The van der Waals surface area contributed by atoms with Crippen LogP contribution in [0.2, 0.25) is 0 Å². The molecule has 1 aliphatic heterocycles. The lowest BCUT2D eigenvalue weighted by Crippen LogP contribution is -2.37. The van der Waals surface area contributed by atoms with E-state index in [2.05, 4.69) is 11.4 Å². The number of amides is 2. The number of halogens is 1. The van der Waals surface area contributed by atoms with Crippen molar-refractivity contribution in [2.75, 3.05) is 32.7 Å². The summed E-state index contributed by atoms with van der Waals surface area (Å²) in [6, 6.07) is 21.3. The number of aromatic nitrogens is 1. The van der Waals surface area contributed by atoms with Gasteiger partial charge in [-0.3, -0.25) is 9.88 Å². The fourth-order valence-electron chi connectivity index (χ4n) is 3.59. The molecule has 0 atom stereocenters. The predicted molar refractivity (Wildman–Crippen MR) is 122 cm³/mol. The van der Waals surface area contributed by atoms with Crippen LogP contribution in [0, 0.1) is 17.1 Å². The number of nitriles is 1. The number of carbonyl (C=O) groups is 1. The summed E-state index contributed by atoms with van der Waals surface area (Å²) in [5.74, 6) is 0.902. The molecule has 0 aliphatic carbocycles. The fraction of sp³-hybridized carbons (Fsp3) is 0.240. The Morgan fingerprint density at radius 1 is 1.09 bits per heavy atom. The van der Waals surface area contributed by atoms with Crippen LogP contribution in [0.4, 0.5) is 9.18 Å². The predicted octanol–water partition coefficient (Wildman–Crippen LogP) is 4.03. The minimum Gasteiger partial charge on any atom is -0.457 e. The number of hydrogen-bond acceptors (Lipinski definition) is 5. The second-order valence-electron chi connectivity index (χ2n) is 7.68. The maximum absolute atomic E-state index is 13.1. The monoisotopic (exact) mass is 445 g/mol. The van der Waals surface area contributed by atoms with Gasteiger partial charge in [-0.15, -0.1) is 0 Å². The maximum atomic E-state index is 13.1. The Bertz CT molecular complexity index is 1130. The summed E-state index contributed by atoms with van der Waals surface area (Å²) >= 11 is 0. The number of rotatable bonds is 9. The molecule has 0 unspecified atom stereocenters. The van der Waals surface area contributed by atoms with Crippen molar-refractivity contribution >= 4 is 6.03 Å². The molecule has 1 aromatic heterocycles. The number of urea groups is 1. The minimum atomic E-state index is -0.307. The number of nitrogens with zero attached hydrogens (tertiary/aromatic N) is 4. The lowest BCUT2D eigenvalue weighted by atomic mass is 10.1. The van der Waals surface area contributed by atoms with Gasteiger partial charge in [0, 0.05) is 38.3 Å². The van der Waals surface area contributed by atoms with E-state index in [9.17, 15) is 14.4 Å². The summed E-state index contributed by atoms with van der Waals surface area (Å²) < 4.78 is 18.8. The van der Waals surface area contributed by atoms with Gasteiger partial charge < -0.3 is 15.0 Å². The van der Waals surface area contributed by atoms with Crippen LogP contribution in [0.1, 0.15) is 5.69 Å². The van der Waals surface area contributed by atoms with Crippen LogP contribution >= 0.6 is 0 Å². The van der Waals surface area contributed by atoms with Crippen molar-refractivity contribution in [1.29, 1.82) is 5.26 Å². The van der Waals surface area contributed by atoms with Gasteiger partial charge in [-0.2, -0.15) is 5.26 Å². The fourth-order valence-corrected chi connectivity index (χ4v) is 3.59. The number of carbonyl (C=O) groups excluding carboxylic acids is 1. The Labute approximate surface area is 192 Å². The largest absolute Gasteiger partial charge is 0.457 e. The average Bonchev–Trinajstić information content (AvgIpc) is 3.24. The Kier molecular flexibility index (Phi) is 7.12. The van der Waals surface area contributed by atoms with E-state index in [0.717, 1.165) is 17.0 Å². The summed E-state index contributed by atoms with van der Waals surface area (Å²) in [7, 11) is 0. The number of benzene rings is 2. The molecule has 7 nitrogen and oxygen atoms in total. The van der Waals surface area contributed by atoms with Crippen LogP contribution in [0.25, 0.3) is 11.3 Å². The van der Waals surface area contributed by atoms with E-state index in [4.69, 9.17) is 9.72 Å². The van der Waals surface area contributed by atoms with Gasteiger partial charge in [0.15, 0.2) is 0 Å². The van der Waals surface area contributed by atoms with Crippen LogP contribution in [-0.2, 0) is 6.54 Å². The molecular formula is C25H24FN5O2. The van der Waals surface area contributed by atoms with E-state index in [1.54, 1.807) is 17.0 Å². The van der Waals surface area contributed by atoms with Crippen molar-refractivity contribution in [3.05, 3.63) is 78.2 Å². The highest BCUT2D eigenvalue weighted by Crippen LogP contribution is 2.25. The molecule has 33 heavy (non-hydrogen) atoms. The van der Waals surface area contributed by atoms with Gasteiger partial charge in [0.1, 0.15) is 17.3 Å². The highest BCUT2D eigenvalue weighted by atomic mass is 19.1. The van der Waals surface area contributed by atoms with E-state index in [1.807, 2.05) is 47.4 Å². The molecule has 1 fully saturated rings. The second kappa shape index (κ2) is 10.6. The molecule has 4 rings (SSSR count). The van der Waals surface area contributed by atoms with Gasteiger partial charge >= 0.3 is 6.03 Å². The minimum absolute atomic E-state index is 0.0566. The third-order valence-electron chi connectivity index (χ3n) is 5.32. The van der Waals surface area contributed by atoms with Gasteiger partial charge in [-0.1, -0.05) is 6.07 Å². The van der Waals surface area contributed by atoms with Gasteiger partial charge in [0.05, 0.1) is 24.0 Å². The molecule has 2 aromatic carbocycles. The highest BCUT2D eigenvalue weighted by Gasteiger charge is 2.20. The maximum Gasteiger partial charge on any atom is 0.317 e. The standard InChI is InChI=1S/C25H24FN5O2/c26-20-6-10-23(11-7-20)33-22-8-4-19(5-9-22)24-3-1-2-21(29-24)18-30(14-12-27)16-17-31-15-13-28-25(31)32/h1-11H,13-18H2,(H,28,32). The van der Waals surface area contributed by atoms with E-state index in [0.29, 0.717) is 44.2 Å². The zero-order valence-corrected chi connectivity index (χ0v) is 18.1. The van der Waals surface area contributed by atoms with Gasteiger partial charge in [0.2, 0.25) is 0 Å². The Balaban J connectivity index is 1.40. The Morgan fingerprint density at radius 2 is 1.82 bits per heavy atom. The molecule has 1 aliphatic rings. The summed E-state index contributed by atoms with van der Waals surface area (Å²) in [6.07, 6.45) is 0. The van der Waals surface area contributed by atoms with E-state index < -0.39 is 0 Å². The molecule has 2 heterocycles. The first-order valence-electron chi connectivity index (χ1n) is 10.7. The number of pyridine rings is 1. The van der Waals surface area contributed by atoms with Crippen molar-refractivity contribution in [2.24, 2.45) is 0 Å². The van der Waals surface area contributed by atoms with E-state index in [-0.39, 0.29) is 18.4 Å². The second-order valence-corrected chi connectivity index (χ2v) is 7.68. The van der Waals surface area contributed by atoms with Crippen LogP contribution in [0.15, 0.2) is 66.7 Å². The third kappa shape index (κ3) is 6.05. The summed E-state index contributed by atoms with van der Waals surface area (Å²) in [4.78, 5) is 20.2.